The van der Waals surface area contributed by atoms with Crippen molar-refractivity contribution < 1.29 is 9.47 Å². The zero-order valence-corrected chi connectivity index (χ0v) is 10.3. The number of hydrogen-bond donors (Lipinski definition) is 1. The van der Waals surface area contributed by atoms with Crippen molar-refractivity contribution in [1.29, 1.82) is 0 Å². The molecule has 0 saturated carbocycles. The molecular formula is C13H21NO2. The van der Waals surface area contributed by atoms with Crippen LogP contribution in [0.5, 0.6) is 5.75 Å². The monoisotopic (exact) mass is 223 g/mol. The number of ether oxygens (including phenoxy) is 2. The minimum atomic E-state index is 0.145. The van der Waals surface area contributed by atoms with E-state index in [0.29, 0.717) is 13.2 Å². The van der Waals surface area contributed by atoms with Gasteiger partial charge < -0.3 is 15.2 Å². The number of aryl methyl sites for hydroxylation is 1. The van der Waals surface area contributed by atoms with E-state index < -0.39 is 0 Å². The molecule has 0 aliphatic carbocycles. The summed E-state index contributed by atoms with van der Waals surface area (Å²) < 4.78 is 10.9. The van der Waals surface area contributed by atoms with Gasteiger partial charge in [-0.3, -0.25) is 0 Å². The topological polar surface area (TPSA) is 44.5 Å². The summed E-state index contributed by atoms with van der Waals surface area (Å²) in [4.78, 5) is 0. The Bertz CT molecular complexity index is 326. The Morgan fingerprint density at radius 1 is 1.38 bits per heavy atom. The first-order chi connectivity index (χ1) is 7.69. The van der Waals surface area contributed by atoms with Crippen LogP contribution in [0, 0.1) is 6.92 Å². The second-order valence-electron chi connectivity index (χ2n) is 3.98. The van der Waals surface area contributed by atoms with Crippen molar-refractivity contribution in [3.8, 4) is 5.75 Å². The largest absolute Gasteiger partial charge is 0.490 e. The molecule has 1 unspecified atom stereocenters. The number of rotatable bonds is 6. The first-order valence-electron chi connectivity index (χ1n) is 5.63. The zero-order valence-electron chi connectivity index (χ0n) is 10.3. The van der Waals surface area contributed by atoms with E-state index in [2.05, 4.69) is 0 Å². The maximum absolute atomic E-state index is 5.91. The predicted octanol–water partition coefficient (Wildman–Crippen LogP) is 2.26. The van der Waals surface area contributed by atoms with Gasteiger partial charge in [0, 0.05) is 32.2 Å². The highest BCUT2D eigenvalue weighted by Gasteiger charge is 2.09. The van der Waals surface area contributed by atoms with Gasteiger partial charge in [0.05, 0.1) is 6.10 Å². The third kappa shape index (κ3) is 3.51. The standard InChI is InChI=1S/C13H21NO2/c1-10-5-4-6-12(9-14)13(10)16-11(2)7-8-15-3/h4-6,11H,7-9,14H2,1-3H3. The van der Waals surface area contributed by atoms with Crippen LogP contribution in [-0.2, 0) is 11.3 Å². The van der Waals surface area contributed by atoms with Crippen LogP contribution >= 0.6 is 0 Å². The fraction of sp³-hybridized carbons (Fsp3) is 0.538. The fourth-order valence-corrected chi connectivity index (χ4v) is 1.59. The van der Waals surface area contributed by atoms with Gasteiger partial charge in [0.25, 0.3) is 0 Å². The lowest BCUT2D eigenvalue weighted by atomic mass is 10.1. The molecule has 90 valence electrons. The van der Waals surface area contributed by atoms with Crippen molar-refractivity contribution in [3.63, 3.8) is 0 Å². The lowest BCUT2D eigenvalue weighted by Crippen LogP contribution is -2.16. The van der Waals surface area contributed by atoms with Gasteiger partial charge in [-0.2, -0.15) is 0 Å². The maximum Gasteiger partial charge on any atom is 0.127 e. The first-order valence-corrected chi connectivity index (χ1v) is 5.63. The normalized spacial score (nSPS) is 12.5. The molecule has 0 heterocycles. The summed E-state index contributed by atoms with van der Waals surface area (Å²) in [6.07, 6.45) is 1.03. The van der Waals surface area contributed by atoms with Crippen LogP contribution < -0.4 is 10.5 Å². The predicted molar refractivity (Wildman–Crippen MR) is 65.7 cm³/mol. The van der Waals surface area contributed by atoms with Crippen molar-refractivity contribution in [1.82, 2.24) is 0 Å². The smallest absolute Gasteiger partial charge is 0.127 e. The van der Waals surface area contributed by atoms with E-state index in [9.17, 15) is 0 Å². The molecule has 2 N–H and O–H groups in total. The van der Waals surface area contributed by atoms with E-state index in [0.717, 1.165) is 23.3 Å². The molecule has 1 rings (SSSR count). The van der Waals surface area contributed by atoms with Gasteiger partial charge in [0.1, 0.15) is 5.75 Å². The van der Waals surface area contributed by atoms with E-state index in [1.807, 2.05) is 32.0 Å². The van der Waals surface area contributed by atoms with E-state index in [-0.39, 0.29) is 6.10 Å². The summed E-state index contributed by atoms with van der Waals surface area (Å²) in [7, 11) is 1.70. The Balaban J connectivity index is 2.71. The van der Waals surface area contributed by atoms with Gasteiger partial charge in [0.2, 0.25) is 0 Å². The van der Waals surface area contributed by atoms with Crippen LogP contribution in [0.2, 0.25) is 0 Å². The first kappa shape index (κ1) is 13.0. The Hall–Kier alpha value is -1.06. The molecule has 0 aliphatic rings. The van der Waals surface area contributed by atoms with E-state index in [4.69, 9.17) is 15.2 Å². The lowest BCUT2D eigenvalue weighted by molar-refractivity contribution is 0.134. The quantitative estimate of drug-likeness (QED) is 0.804. The molecule has 0 aliphatic heterocycles. The molecule has 0 fully saturated rings. The highest BCUT2D eigenvalue weighted by molar-refractivity contribution is 5.40. The minimum Gasteiger partial charge on any atom is -0.490 e. The summed E-state index contributed by atoms with van der Waals surface area (Å²) in [6, 6.07) is 6.05. The van der Waals surface area contributed by atoms with Gasteiger partial charge in [-0.25, -0.2) is 0 Å². The highest BCUT2D eigenvalue weighted by atomic mass is 16.5. The molecule has 0 spiro atoms. The van der Waals surface area contributed by atoms with Crippen LogP contribution in [-0.4, -0.2) is 19.8 Å². The third-order valence-corrected chi connectivity index (χ3v) is 2.56. The van der Waals surface area contributed by atoms with Crippen LogP contribution in [0.3, 0.4) is 0 Å². The number of para-hydroxylation sites is 1. The van der Waals surface area contributed by atoms with E-state index in [1.165, 1.54) is 0 Å². The lowest BCUT2D eigenvalue weighted by Gasteiger charge is -2.18. The van der Waals surface area contributed by atoms with Gasteiger partial charge >= 0.3 is 0 Å². The average Bonchev–Trinajstić information content (AvgIpc) is 2.29. The Kier molecular flexibility index (Phi) is 5.29. The van der Waals surface area contributed by atoms with Crippen molar-refractivity contribution in [2.24, 2.45) is 5.73 Å². The van der Waals surface area contributed by atoms with Gasteiger partial charge in [-0.1, -0.05) is 18.2 Å². The Morgan fingerprint density at radius 3 is 2.75 bits per heavy atom. The van der Waals surface area contributed by atoms with Crippen molar-refractivity contribution >= 4 is 0 Å². The second kappa shape index (κ2) is 6.51. The van der Waals surface area contributed by atoms with Gasteiger partial charge in [-0.05, 0) is 19.4 Å². The van der Waals surface area contributed by atoms with Crippen LogP contribution in [0.1, 0.15) is 24.5 Å². The van der Waals surface area contributed by atoms with Gasteiger partial charge in [0.15, 0.2) is 0 Å². The Morgan fingerprint density at radius 2 is 2.12 bits per heavy atom. The van der Waals surface area contributed by atoms with Gasteiger partial charge in [-0.15, -0.1) is 0 Å². The fourth-order valence-electron chi connectivity index (χ4n) is 1.59. The SMILES string of the molecule is COCCC(C)Oc1c(C)cccc1CN. The van der Waals surface area contributed by atoms with Crippen molar-refractivity contribution in [2.75, 3.05) is 13.7 Å². The highest BCUT2D eigenvalue weighted by Crippen LogP contribution is 2.24. The van der Waals surface area contributed by atoms with Crippen LogP contribution in [0.15, 0.2) is 18.2 Å². The molecule has 0 aromatic heterocycles. The maximum atomic E-state index is 5.91. The number of methoxy groups -OCH3 is 1. The summed E-state index contributed by atoms with van der Waals surface area (Å²) in [6.45, 7) is 5.31. The second-order valence-corrected chi connectivity index (χ2v) is 3.98. The molecular weight excluding hydrogens is 202 g/mol. The Labute approximate surface area is 97.6 Å². The molecule has 0 amide bonds. The van der Waals surface area contributed by atoms with Crippen LogP contribution in [0.4, 0.5) is 0 Å². The number of benzene rings is 1. The minimum absolute atomic E-state index is 0.145. The molecule has 0 radical (unpaired) electrons. The van der Waals surface area contributed by atoms with Crippen molar-refractivity contribution in [2.45, 2.75) is 32.9 Å². The zero-order chi connectivity index (χ0) is 12.0. The summed E-state index contributed by atoms with van der Waals surface area (Å²) in [5.74, 6) is 0.925. The molecule has 0 saturated heterocycles. The summed E-state index contributed by atoms with van der Waals surface area (Å²) >= 11 is 0. The molecule has 0 bridgehead atoms. The third-order valence-electron chi connectivity index (χ3n) is 2.56. The molecule has 3 nitrogen and oxygen atoms in total. The summed E-state index contributed by atoms with van der Waals surface area (Å²) in [5.41, 5.74) is 7.88. The molecule has 1 aromatic rings. The van der Waals surface area contributed by atoms with E-state index >= 15 is 0 Å². The van der Waals surface area contributed by atoms with E-state index in [1.54, 1.807) is 7.11 Å². The molecule has 1 aromatic carbocycles. The van der Waals surface area contributed by atoms with Crippen LogP contribution in [0.25, 0.3) is 0 Å². The van der Waals surface area contributed by atoms with Crippen molar-refractivity contribution in [3.05, 3.63) is 29.3 Å². The molecule has 16 heavy (non-hydrogen) atoms. The summed E-state index contributed by atoms with van der Waals surface area (Å²) in [5, 5.41) is 0. The molecule has 1 atom stereocenters. The number of nitrogens with two attached hydrogens (primary N) is 1. The number of hydrogen-bond acceptors (Lipinski definition) is 3. The average molecular weight is 223 g/mol. The molecule has 3 heteroatoms.